The van der Waals surface area contributed by atoms with Crippen molar-refractivity contribution in [3.8, 4) is 0 Å². The molecule has 1 atom stereocenters. The van der Waals surface area contributed by atoms with Crippen molar-refractivity contribution >= 4 is 0 Å². The van der Waals surface area contributed by atoms with Gasteiger partial charge < -0.3 is 0 Å². The molecule has 1 unspecified atom stereocenters. The molecule has 0 aromatic heterocycles. The smallest absolute Gasteiger partial charge is 0.123 e. The average Bonchev–Trinajstić information content (AvgIpc) is 2.30. The minimum atomic E-state index is -0.831. The fraction of sp³-hybridized carbons (Fsp3) is 0.143. The summed E-state index contributed by atoms with van der Waals surface area (Å²) in [6.45, 7) is 0. The number of benzene rings is 2. The van der Waals surface area contributed by atoms with Crippen molar-refractivity contribution in [3.63, 3.8) is 0 Å². The maximum atomic E-state index is 12.9. The SMILES string of the molecule is [O]C(Cc1cccc(F)c1)c1ccccc1. The van der Waals surface area contributed by atoms with Crippen molar-refractivity contribution in [2.24, 2.45) is 0 Å². The Kier molecular flexibility index (Phi) is 3.32. The summed E-state index contributed by atoms with van der Waals surface area (Å²) < 4.78 is 12.9. The lowest BCUT2D eigenvalue weighted by molar-refractivity contribution is 0.0894. The van der Waals surface area contributed by atoms with Gasteiger partial charge >= 0.3 is 0 Å². The molecule has 0 aliphatic heterocycles. The Labute approximate surface area is 94.2 Å². The Morgan fingerprint density at radius 3 is 2.44 bits per heavy atom. The second-order valence-electron chi connectivity index (χ2n) is 3.73. The van der Waals surface area contributed by atoms with Gasteiger partial charge in [-0.3, -0.25) is 0 Å². The number of hydrogen-bond donors (Lipinski definition) is 0. The van der Waals surface area contributed by atoms with Gasteiger partial charge in [-0.05, 0) is 23.3 Å². The summed E-state index contributed by atoms with van der Waals surface area (Å²) in [4.78, 5) is 0. The lowest BCUT2D eigenvalue weighted by atomic mass is 10.0. The second kappa shape index (κ2) is 4.90. The van der Waals surface area contributed by atoms with E-state index in [4.69, 9.17) is 0 Å². The molecule has 0 saturated heterocycles. The van der Waals surface area contributed by atoms with Crippen LogP contribution in [0, 0.1) is 5.82 Å². The van der Waals surface area contributed by atoms with E-state index >= 15 is 0 Å². The molecule has 1 radical (unpaired) electrons. The molecular weight excluding hydrogens is 203 g/mol. The first-order chi connectivity index (χ1) is 7.75. The van der Waals surface area contributed by atoms with E-state index in [1.807, 2.05) is 18.2 Å². The molecule has 1 nitrogen and oxygen atoms in total. The molecule has 0 N–H and O–H groups in total. The summed E-state index contributed by atoms with van der Waals surface area (Å²) in [5.74, 6) is -0.294. The van der Waals surface area contributed by atoms with Gasteiger partial charge in [-0.1, -0.05) is 42.5 Å². The molecule has 16 heavy (non-hydrogen) atoms. The number of rotatable bonds is 3. The van der Waals surface area contributed by atoms with Crippen molar-refractivity contribution in [2.45, 2.75) is 12.5 Å². The van der Waals surface area contributed by atoms with Gasteiger partial charge in [0.1, 0.15) is 11.9 Å². The monoisotopic (exact) mass is 215 g/mol. The van der Waals surface area contributed by atoms with Gasteiger partial charge in [0.2, 0.25) is 0 Å². The lowest BCUT2D eigenvalue weighted by Gasteiger charge is -2.08. The van der Waals surface area contributed by atoms with E-state index in [1.54, 1.807) is 24.3 Å². The molecule has 2 rings (SSSR count). The first-order valence-corrected chi connectivity index (χ1v) is 5.21. The van der Waals surface area contributed by atoms with Crippen molar-refractivity contribution in [1.82, 2.24) is 0 Å². The van der Waals surface area contributed by atoms with E-state index in [2.05, 4.69) is 0 Å². The lowest BCUT2D eigenvalue weighted by Crippen LogP contribution is -2.00. The summed E-state index contributed by atoms with van der Waals surface area (Å²) in [7, 11) is 0. The quantitative estimate of drug-likeness (QED) is 0.746. The zero-order chi connectivity index (χ0) is 11.4. The third-order valence-corrected chi connectivity index (χ3v) is 2.48. The van der Waals surface area contributed by atoms with E-state index in [1.165, 1.54) is 12.1 Å². The Morgan fingerprint density at radius 1 is 1.00 bits per heavy atom. The molecule has 0 fully saturated rings. The third kappa shape index (κ3) is 2.67. The third-order valence-electron chi connectivity index (χ3n) is 2.48. The molecular formula is C14H12FO. The van der Waals surface area contributed by atoms with Crippen LogP contribution in [-0.2, 0) is 11.5 Å². The summed E-state index contributed by atoms with van der Waals surface area (Å²) in [5, 5.41) is 11.9. The Hall–Kier alpha value is -1.67. The first-order valence-electron chi connectivity index (χ1n) is 5.21. The highest BCUT2D eigenvalue weighted by atomic mass is 19.1. The van der Waals surface area contributed by atoms with Gasteiger partial charge in [0.15, 0.2) is 0 Å². The molecule has 0 aliphatic rings. The van der Waals surface area contributed by atoms with Crippen molar-refractivity contribution in [1.29, 1.82) is 0 Å². The zero-order valence-corrected chi connectivity index (χ0v) is 8.77. The zero-order valence-electron chi connectivity index (χ0n) is 8.77. The van der Waals surface area contributed by atoms with Gasteiger partial charge in [0.25, 0.3) is 0 Å². The van der Waals surface area contributed by atoms with Crippen LogP contribution in [0.1, 0.15) is 17.2 Å². The van der Waals surface area contributed by atoms with Crippen LogP contribution in [0.15, 0.2) is 54.6 Å². The topological polar surface area (TPSA) is 19.9 Å². The molecule has 0 bridgehead atoms. The van der Waals surface area contributed by atoms with E-state index in [0.717, 1.165) is 11.1 Å². The van der Waals surface area contributed by atoms with Crippen molar-refractivity contribution in [2.75, 3.05) is 0 Å². The maximum Gasteiger partial charge on any atom is 0.123 e. The maximum absolute atomic E-state index is 12.9. The molecule has 0 spiro atoms. The van der Waals surface area contributed by atoms with Crippen LogP contribution in [0.2, 0.25) is 0 Å². The van der Waals surface area contributed by atoms with Crippen LogP contribution < -0.4 is 0 Å². The first kappa shape index (κ1) is 10.8. The van der Waals surface area contributed by atoms with E-state index in [-0.39, 0.29) is 5.82 Å². The molecule has 2 aromatic carbocycles. The highest BCUT2D eigenvalue weighted by Gasteiger charge is 2.09. The van der Waals surface area contributed by atoms with Gasteiger partial charge in [-0.25, -0.2) is 9.50 Å². The molecule has 0 aliphatic carbocycles. The fourth-order valence-corrected chi connectivity index (χ4v) is 1.66. The summed E-state index contributed by atoms with van der Waals surface area (Å²) in [6.07, 6.45) is -0.509. The average molecular weight is 215 g/mol. The van der Waals surface area contributed by atoms with Crippen molar-refractivity contribution < 1.29 is 9.50 Å². The van der Waals surface area contributed by atoms with Crippen LogP contribution in [0.25, 0.3) is 0 Å². The predicted molar refractivity (Wildman–Crippen MR) is 60.0 cm³/mol. The van der Waals surface area contributed by atoms with Crippen LogP contribution in [-0.4, -0.2) is 0 Å². The Morgan fingerprint density at radius 2 is 1.75 bits per heavy atom. The molecule has 0 saturated carbocycles. The predicted octanol–water partition coefficient (Wildman–Crippen LogP) is 3.54. The normalized spacial score (nSPS) is 12.4. The van der Waals surface area contributed by atoms with Gasteiger partial charge in [-0.2, -0.15) is 0 Å². The van der Waals surface area contributed by atoms with Crippen LogP contribution >= 0.6 is 0 Å². The summed E-state index contributed by atoms with van der Waals surface area (Å²) in [5.41, 5.74) is 1.48. The number of halogens is 1. The highest BCUT2D eigenvalue weighted by molar-refractivity contribution is 5.22. The van der Waals surface area contributed by atoms with Crippen LogP contribution in [0.5, 0.6) is 0 Å². The molecule has 2 heteroatoms. The van der Waals surface area contributed by atoms with E-state index in [9.17, 15) is 9.50 Å². The van der Waals surface area contributed by atoms with E-state index < -0.39 is 6.10 Å². The van der Waals surface area contributed by atoms with Crippen molar-refractivity contribution in [3.05, 3.63) is 71.5 Å². The molecule has 0 amide bonds. The number of hydrogen-bond acceptors (Lipinski definition) is 0. The van der Waals surface area contributed by atoms with E-state index in [0.29, 0.717) is 6.42 Å². The van der Waals surface area contributed by atoms with Gasteiger partial charge in [-0.15, -0.1) is 0 Å². The Bertz CT molecular complexity index is 453. The fourth-order valence-electron chi connectivity index (χ4n) is 1.66. The van der Waals surface area contributed by atoms with Gasteiger partial charge in [0, 0.05) is 6.42 Å². The summed E-state index contributed by atoms with van der Waals surface area (Å²) in [6, 6.07) is 15.4. The largest absolute Gasteiger partial charge is 0.228 e. The standard InChI is InChI=1S/C14H12FO/c15-13-8-4-5-11(9-13)10-14(16)12-6-2-1-3-7-12/h1-9,14H,10H2. The molecule has 0 heterocycles. The molecule has 81 valence electrons. The molecule has 2 aromatic rings. The van der Waals surface area contributed by atoms with Crippen LogP contribution in [0.3, 0.4) is 0 Å². The second-order valence-corrected chi connectivity index (χ2v) is 3.73. The minimum absolute atomic E-state index is 0.294. The highest BCUT2D eigenvalue weighted by Crippen LogP contribution is 2.18. The van der Waals surface area contributed by atoms with Crippen LogP contribution in [0.4, 0.5) is 4.39 Å². The van der Waals surface area contributed by atoms with Gasteiger partial charge in [0.05, 0.1) is 0 Å². The summed E-state index contributed by atoms with van der Waals surface area (Å²) >= 11 is 0. The Balaban J connectivity index is 2.11. The minimum Gasteiger partial charge on any atom is -0.228 e.